The minimum atomic E-state index is -1.08. The molecule has 1 aliphatic rings. The summed E-state index contributed by atoms with van der Waals surface area (Å²) < 4.78 is 6.13. The van der Waals surface area contributed by atoms with Crippen molar-refractivity contribution in [3.05, 3.63) is 34.7 Å². The normalized spacial score (nSPS) is 15.5. The number of hydrogen-bond donors (Lipinski definition) is 1. The minimum Gasteiger partial charge on any atom is -0.451 e. The van der Waals surface area contributed by atoms with E-state index in [0.29, 0.717) is 6.54 Å². The van der Waals surface area contributed by atoms with E-state index in [4.69, 9.17) is 4.74 Å². The monoisotopic (exact) mass is 293 g/mol. The van der Waals surface area contributed by atoms with E-state index in [1.165, 1.54) is 23.8 Å². The lowest BCUT2D eigenvalue weighted by Gasteiger charge is -2.18. The number of urea groups is 1. The Hall–Kier alpha value is -2.64. The summed E-state index contributed by atoms with van der Waals surface area (Å²) in [5, 5.41) is 2.49. The number of pyridine rings is 1. The summed E-state index contributed by atoms with van der Waals surface area (Å²) in [6.07, 6.45) is 0.366. The molecule has 2 heterocycles. The van der Waals surface area contributed by atoms with Crippen molar-refractivity contribution in [3.8, 4) is 0 Å². The molecule has 0 unspecified atom stereocenters. The fraction of sp³-hybridized carbons (Fsp3) is 0.385. The molecule has 0 bridgehead atoms. The molecule has 21 heavy (non-hydrogen) atoms. The molecule has 0 radical (unpaired) electrons. The predicted molar refractivity (Wildman–Crippen MR) is 71.4 cm³/mol. The van der Waals surface area contributed by atoms with Crippen LogP contribution in [0.15, 0.2) is 29.2 Å². The average molecular weight is 293 g/mol. The molecule has 1 saturated heterocycles. The molecule has 1 aromatic rings. The van der Waals surface area contributed by atoms with E-state index in [2.05, 4.69) is 5.32 Å². The Bertz CT molecular complexity index is 624. The maximum absolute atomic E-state index is 11.9. The number of imide groups is 1. The lowest BCUT2D eigenvalue weighted by Crippen LogP contribution is -2.42. The highest BCUT2D eigenvalue weighted by atomic mass is 16.5. The second-order valence-electron chi connectivity index (χ2n) is 4.52. The standard InChI is InChI=1S/C13H15N3O5/c1-9(12(19)16-7-5-14-13(16)20)21-11(18)8-15-6-3-2-4-10(15)17/h2-4,6,9H,5,7-8H2,1H3,(H,14,20)/t9-/m1/s1. The van der Waals surface area contributed by atoms with Crippen LogP contribution in [0, 0.1) is 0 Å². The van der Waals surface area contributed by atoms with Gasteiger partial charge in [-0.15, -0.1) is 0 Å². The first kappa shape index (κ1) is 14.8. The van der Waals surface area contributed by atoms with Gasteiger partial charge in [0.1, 0.15) is 6.54 Å². The molecule has 0 saturated carbocycles. The fourth-order valence-electron chi connectivity index (χ4n) is 1.92. The molecule has 1 fully saturated rings. The Labute approximate surface area is 120 Å². The number of nitrogens with one attached hydrogen (secondary N) is 1. The lowest BCUT2D eigenvalue weighted by atomic mass is 10.3. The van der Waals surface area contributed by atoms with Gasteiger partial charge in [-0.05, 0) is 13.0 Å². The van der Waals surface area contributed by atoms with Gasteiger partial charge in [-0.2, -0.15) is 0 Å². The molecule has 112 valence electrons. The number of amides is 3. The molecule has 1 N–H and O–H groups in total. The molecular formula is C13H15N3O5. The van der Waals surface area contributed by atoms with E-state index in [9.17, 15) is 19.2 Å². The van der Waals surface area contributed by atoms with E-state index in [-0.39, 0.29) is 18.6 Å². The number of nitrogens with zero attached hydrogens (tertiary/aromatic N) is 2. The largest absolute Gasteiger partial charge is 0.451 e. The molecule has 8 heteroatoms. The number of esters is 1. The highest BCUT2D eigenvalue weighted by Gasteiger charge is 2.31. The van der Waals surface area contributed by atoms with Crippen LogP contribution >= 0.6 is 0 Å². The minimum absolute atomic E-state index is 0.248. The van der Waals surface area contributed by atoms with Gasteiger partial charge < -0.3 is 14.6 Å². The van der Waals surface area contributed by atoms with Crippen molar-refractivity contribution in [2.45, 2.75) is 19.6 Å². The smallest absolute Gasteiger partial charge is 0.326 e. The third-order valence-electron chi connectivity index (χ3n) is 2.98. The zero-order valence-corrected chi connectivity index (χ0v) is 11.4. The van der Waals surface area contributed by atoms with E-state index in [1.54, 1.807) is 12.1 Å². The van der Waals surface area contributed by atoms with Gasteiger partial charge in [0, 0.05) is 25.4 Å². The Morgan fingerprint density at radius 3 is 2.76 bits per heavy atom. The summed E-state index contributed by atoms with van der Waals surface area (Å²) in [4.78, 5) is 47.4. The molecule has 0 aliphatic carbocycles. The maximum Gasteiger partial charge on any atom is 0.326 e. The fourth-order valence-corrected chi connectivity index (χ4v) is 1.92. The lowest BCUT2D eigenvalue weighted by molar-refractivity contribution is -0.158. The van der Waals surface area contributed by atoms with Crippen molar-refractivity contribution in [1.82, 2.24) is 14.8 Å². The van der Waals surface area contributed by atoms with Crippen molar-refractivity contribution in [3.63, 3.8) is 0 Å². The molecule has 1 aromatic heterocycles. The molecule has 8 nitrogen and oxygen atoms in total. The van der Waals surface area contributed by atoms with Crippen LogP contribution in [0.2, 0.25) is 0 Å². The topological polar surface area (TPSA) is 97.7 Å². The molecule has 0 aromatic carbocycles. The van der Waals surface area contributed by atoms with Crippen molar-refractivity contribution in [2.24, 2.45) is 0 Å². The SMILES string of the molecule is C[C@@H](OC(=O)Cn1ccccc1=O)C(=O)N1CCNC1=O. The van der Waals surface area contributed by atoms with Crippen LogP contribution in [-0.2, 0) is 20.9 Å². The third kappa shape index (κ3) is 3.47. The number of aromatic nitrogens is 1. The van der Waals surface area contributed by atoms with E-state index >= 15 is 0 Å². The van der Waals surface area contributed by atoms with Crippen LogP contribution in [0.3, 0.4) is 0 Å². The predicted octanol–water partition coefficient (Wildman–Crippen LogP) is -0.668. The van der Waals surface area contributed by atoms with Crippen molar-refractivity contribution >= 4 is 17.9 Å². The number of ether oxygens (including phenoxy) is 1. The second kappa shape index (κ2) is 6.21. The van der Waals surface area contributed by atoms with Crippen LogP contribution in [-0.4, -0.2) is 46.6 Å². The highest BCUT2D eigenvalue weighted by molar-refractivity contribution is 5.98. The van der Waals surface area contributed by atoms with Crippen molar-refractivity contribution in [1.29, 1.82) is 0 Å². The second-order valence-corrected chi connectivity index (χ2v) is 4.52. The molecule has 1 atom stereocenters. The molecule has 3 amide bonds. The number of carbonyl (C=O) groups excluding carboxylic acids is 3. The maximum atomic E-state index is 11.9. The van der Waals surface area contributed by atoms with Crippen LogP contribution < -0.4 is 10.9 Å². The molecule has 1 aliphatic heterocycles. The van der Waals surface area contributed by atoms with Gasteiger partial charge in [-0.25, -0.2) is 4.79 Å². The zero-order valence-electron chi connectivity index (χ0n) is 11.4. The van der Waals surface area contributed by atoms with E-state index in [1.807, 2.05) is 0 Å². The zero-order chi connectivity index (χ0) is 15.4. The van der Waals surface area contributed by atoms with Gasteiger partial charge in [0.15, 0.2) is 6.10 Å². The molecule has 0 spiro atoms. The Kier molecular flexibility index (Phi) is 4.36. The van der Waals surface area contributed by atoms with E-state index in [0.717, 1.165) is 4.90 Å². The summed E-state index contributed by atoms with van der Waals surface area (Å²) in [7, 11) is 0. The van der Waals surface area contributed by atoms with Crippen LogP contribution in [0.1, 0.15) is 6.92 Å². The summed E-state index contributed by atoms with van der Waals surface area (Å²) in [5.74, 6) is -1.30. The average Bonchev–Trinajstić information content (AvgIpc) is 2.86. The van der Waals surface area contributed by atoms with Crippen LogP contribution in [0.4, 0.5) is 4.79 Å². The number of rotatable bonds is 4. The van der Waals surface area contributed by atoms with E-state index < -0.39 is 24.0 Å². The Balaban J connectivity index is 1.93. The quantitative estimate of drug-likeness (QED) is 0.743. The van der Waals surface area contributed by atoms with Crippen LogP contribution in [0.25, 0.3) is 0 Å². The van der Waals surface area contributed by atoms with Gasteiger partial charge in [-0.3, -0.25) is 19.3 Å². The first-order valence-corrected chi connectivity index (χ1v) is 6.43. The van der Waals surface area contributed by atoms with Gasteiger partial charge >= 0.3 is 12.0 Å². The van der Waals surface area contributed by atoms with Crippen molar-refractivity contribution < 1.29 is 19.1 Å². The van der Waals surface area contributed by atoms with Gasteiger partial charge in [0.05, 0.1) is 0 Å². The third-order valence-corrected chi connectivity index (χ3v) is 2.98. The van der Waals surface area contributed by atoms with Gasteiger partial charge in [0.25, 0.3) is 11.5 Å². The van der Waals surface area contributed by atoms with Gasteiger partial charge in [0.2, 0.25) is 0 Å². The molecular weight excluding hydrogens is 278 g/mol. The Morgan fingerprint density at radius 2 is 2.14 bits per heavy atom. The van der Waals surface area contributed by atoms with Crippen molar-refractivity contribution in [2.75, 3.05) is 13.1 Å². The summed E-state index contributed by atoms with van der Waals surface area (Å²) in [5.41, 5.74) is -0.340. The first-order valence-electron chi connectivity index (χ1n) is 6.43. The summed E-state index contributed by atoms with van der Waals surface area (Å²) in [6, 6.07) is 3.98. The first-order chi connectivity index (χ1) is 9.99. The summed E-state index contributed by atoms with van der Waals surface area (Å²) >= 11 is 0. The number of carbonyl (C=O) groups is 3. The van der Waals surface area contributed by atoms with Gasteiger partial charge in [-0.1, -0.05) is 6.07 Å². The molecule has 2 rings (SSSR count). The highest BCUT2D eigenvalue weighted by Crippen LogP contribution is 2.04. The van der Waals surface area contributed by atoms with Crippen LogP contribution in [0.5, 0.6) is 0 Å². The summed E-state index contributed by atoms with van der Waals surface area (Å²) in [6.45, 7) is 1.73. The number of hydrogen-bond acceptors (Lipinski definition) is 5. The Morgan fingerprint density at radius 1 is 1.38 bits per heavy atom.